The topological polar surface area (TPSA) is 100 Å². The minimum Gasteiger partial charge on any atom is -0.334 e. The Morgan fingerprint density at radius 1 is 0.939 bits per heavy atom. The molecule has 0 spiro atoms. The van der Waals surface area contributed by atoms with Gasteiger partial charge < -0.3 is 10.6 Å². The third-order valence-corrected chi connectivity index (χ3v) is 7.21. The van der Waals surface area contributed by atoms with Gasteiger partial charge in [0.1, 0.15) is 0 Å². The number of nitrogens with zero attached hydrogens (tertiary/aromatic N) is 1. The first kappa shape index (κ1) is 22.8. The van der Waals surface area contributed by atoms with Crippen LogP contribution in [0.5, 0.6) is 0 Å². The summed E-state index contributed by atoms with van der Waals surface area (Å²) in [5, 5.41) is 5.44. The Kier molecular flexibility index (Phi) is 7.24. The van der Waals surface area contributed by atoms with E-state index in [1.54, 1.807) is 36.7 Å². The zero-order valence-electron chi connectivity index (χ0n) is 18.3. The van der Waals surface area contributed by atoms with Crippen molar-refractivity contribution in [2.24, 2.45) is 0 Å². The Hall–Kier alpha value is -3.39. The number of hydrogen-bond donors (Lipinski definition) is 3. The van der Waals surface area contributed by atoms with Gasteiger partial charge in [0.15, 0.2) is 0 Å². The van der Waals surface area contributed by atoms with Crippen molar-refractivity contribution in [3.63, 3.8) is 0 Å². The van der Waals surface area contributed by atoms with Gasteiger partial charge in [-0.05, 0) is 72.4 Å². The third-order valence-electron chi connectivity index (χ3n) is 5.81. The van der Waals surface area contributed by atoms with Crippen molar-refractivity contribution in [3.05, 3.63) is 84.2 Å². The Morgan fingerprint density at radius 2 is 1.73 bits per heavy atom. The van der Waals surface area contributed by atoms with Crippen molar-refractivity contribution in [1.29, 1.82) is 0 Å². The summed E-state index contributed by atoms with van der Waals surface area (Å²) < 4.78 is 28.4. The second-order valence-electron chi connectivity index (χ2n) is 8.26. The maximum Gasteiger partial charge on any atom is 0.319 e. The number of amides is 2. The number of aromatic nitrogens is 1. The van der Waals surface area contributed by atoms with Gasteiger partial charge in [-0.15, -0.1) is 0 Å². The Labute approximate surface area is 194 Å². The minimum absolute atomic E-state index is 0.131. The number of carbonyl (C=O) groups excluding carboxylic acids is 1. The maximum atomic E-state index is 12.9. The lowest BCUT2D eigenvalue weighted by molar-refractivity contribution is 0.251. The summed E-state index contributed by atoms with van der Waals surface area (Å²) in [5.41, 5.74) is 3.13. The third kappa shape index (κ3) is 6.32. The molecule has 4 rings (SSSR count). The lowest BCUT2D eigenvalue weighted by Crippen LogP contribution is -2.28. The summed E-state index contributed by atoms with van der Waals surface area (Å²) in [6.45, 7) is 0.343. The van der Waals surface area contributed by atoms with Gasteiger partial charge in [-0.1, -0.05) is 37.5 Å². The number of nitrogens with one attached hydrogen (secondary N) is 3. The molecule has 1 aliphatic carbocycles. The molecule has 1 aromatic heterocycles. The molecule has 3 N–H and O–H groups in total. The molecule has 33 heavy (non-hydrogen) atoms. The summed E-state index contributed by atoms with van der Waals surface area (Å²) in [4.78, 5) is 16.2. The van der Waals surface area contributed by atoms with Crippen LogP contribution in [0.25, 0.3) is 0 Å². The number of carbonyl (C=O) groups is 1. The molecule has 0 bridgehead atoms. The molecule has 0 radical (unpaired) electrons. The Morgan fingerprint density at radius 3 is 2.45 bits per heavy atom. The highest BCUT2D eigenvalue weighted by molar-refractivity contribution is 7.92. The fourth-order valence-corrected chi connectivity index (χ4v) is 5.13. The van der Waals surface area contributed by atoms with Crippen LogP contribution in [0, 0.1) is 0 Å². The highest BCUT2D eigenvalue weighted by Gasteiger charge is 2.18. The van der Waals surface area contributed by atoms with E-state index >= 15 is 0 Å². The predicted octanol–water partition coefficient (Wildman–Crippen LogP) is 5.25. The normalized spacial score (nSPS) is 14.4. The average Bonchev–Trinajstić information content (AvgIpc) is 2.84. The number of urea groups is 1. The molecular formula is C25H28N4O3S. The van der Waals surface area contributed by atoms with E-state index in [0.717, 1.165) is 18.4 Å². The molecule has 0 saturated heterocycles. The van der Waals surface area contributed by atoms with Gasteiger partial charge in [-0.3, -0.25) is 9.71 Å². The summed E-state index contributed by atoms with van der Waals surface area (Å²) in [6.07, 6.45) is 9.38. The molecule has 1 fully saturated rings. The summed E-state index contributed by atoms with van der Waals surface area (Å²) in [7, 11) is -3.74. The van der Waals surface area contributed by atoms with Crippen LogP contribution in [-0.2, 0) is 16.6 Å². The summed E-state index contributed by atoms with van der Waals surface area (Å²) >= 11 is 0. The molecule has 2 aromatic carbocycles. The number of hydrogen-bond acceptors (Lipinski definition) is 4. The first-order chi connectivity index (χ1) is 16.0. The van der Waals surface area contributed by atoms with Crippen LogP contribution in [-0.4, -0.2) is 19.4 Å². The zero-order chi connectivity index (χ0) is 23.1. The van der Waals surface area contributed by atoms with E-state index in [1.165, 1.54) is 37.0 Å². The Bertz CT molecular complexity index is 1180. The quantitative estimate of drug-likeness (QED) is 0.444. The van der Waals surface area contributed by atoms with Gasteiger partial charge >= 0.3 is 6.03 Å². The molecule has 172 valence electrons. The highest BCUT2D eigenvalue weighted by atomic mass is 32.2. The van der Waals surface area contributed by atoms with Crippen LogP contribution >= 0.6 is 0 Å². The standard InChI is InChI=1S/C25H28N4O3S/c30-25(27-18-19-6-5-15-26-17-19)28-22-11-13-24(14-12-22)33(31,32)29-23-10-4-9-21(16-23)20-7-2-1-3-8-20/h4-6,9-17,20,29H,1-3,7-8,18H2,(H2,27,28,30). The van der Waals surface area contributed by atoms with Crippen LogP contribution in [0.1, 0.15) is 49.1 Å². The van der Waals surface area contributed by atoms with Crippen LogP contribution in [0.15, 0.2) is 78.0 Å². The fourth-order valence-electron chi connectivity index (χ4n) is 4.08. The lowest BCUT2D eigenvalue weighted by atomic mass is 9.84. The molecule has 1 saturated carbocycles. The number of benzene rings is 2. The van der Waals surface area contributed by atoms with Gasteiger partial charge in [-0.25, -0.2) is 13.2 Å². The van der Waals surface area contributed by atoms with E-state index in [0.29, 0.717) is 23.8 Å². The first-order valence-corrected chi connectivity index (χ1v) is 12.6. The van der Waals surface area contributed by atoms with Crippen LogP contribution in [0.3, 0.4) is 0 Å². The van der Waals surface area contributed by atoms with E-state index in [1.807, 2.05) is 18.2 Å². The van der Waals surface area contributed by atoms with Gasteiger partial charge in [0.25, 0.3) is 10.0 Å². The Balaban J connectivity index is 1.36. The molecular weight excluding hydrogens is 436 g/mol. The van der Waals surface area contributed by atoms with E-state index in [-0.39, 0.29) is 10.9 Å². The van der Waals surface area contributed by atoms with E-state index in [2.05, 4.69) is 26.4 Å². The molecule has 3 aromatic rings. The lowest BCUT2D eigenvalue weighted by Gasteiger charge is -2.22. The van der Waals surface area contributed by atoms with Crippen molar-refractivity contribution in [3.8, 4) is 0 Å². The minimum atomic E-state index is -3.74. The number of rotatable bonds is 7. The van der Waals surface area contributed by atoms with Crippen molar-refractivity contribution >= 4 is 27.4 Å². The average molecular weight is 465 g/mol. The van der Waals surface area contributed by atoms with Gasteiger partial charge in [-0.2, -0.15) is 0 Å². The van der Waals surface area contributed by atoms with Gasteiger partial charge in [0.2, 0.25) is 0 Å². The number of anilines is 2. The molecule has 2 amide bonds. The largest absolute Gasteiger partial charge is 0.334 e. The molecule has 0 unspecified atom stereocenters. The monoisotopic (exact) mass is 464 g/mol. The molecule has 8 heteroatoms. The van der Waals surface area contributed by atoms with Crippen LogP contribution in [0.2, 0.25) is 0 Å². The zero-order valence-corrected chi connectivity index (χ0v) is 19.1. The molecule has 1 heterocycles. The summed E-state index contributed by atoms with van der Waals surface area (Å²) in [6, 6.07) is 17.1. The van der Waals surface area contributed by atoms with Gasteiger partial charge in [0.05, 0.1) is 4.90 Å². The summed E-state index contributed by atoms with van der Waals surface area (Å²) in [5.74, 6) is 0.498. The number of pyridine rings is 1. The fraction of sp³-hybridized carbons (Fsp3) is 0.280. The van der Waals surface area contributed by atoms with Gasteiger partial charge in [0, 0.05) is 30.3 Å². The van der Waals surface area contributed by atoms with Crippen molar-refractivity contribution < 1.29 is 13.2 Å². The molecule has 7 nitrogen and oxygen atoms in total. The van der Waals surface area contributed by atoms with Crippen molar-refractivity contribution in [2.45, 2.75) is 49.5 Å². The molecule has 0 atom stereocenters. The first-order valence-electron chi connectivity index (χ1n) is 11.2. The smallest absolute Gasteiger partial charge is 0.319 e. The van der Waals surface area contributed by atoms with Crippen molar-refractivity contribution in [2.75, 3.05) is 10.0 Å². The van der Waals surface area contributed by atoms with Crippen LogP contribution < -0.4 is 15.4 Å². The maximum absolute atomic E-state index is 12.9. The predicted molar refractivity (Wildman–Crippen MR) is 130 cm³/mol. The molecule has 0 aliphatic heterocycles. The second kappa shape index (κ2) is 10.5. The van der Waals surface area contributed by atoms with Crippen molar-refractivity contribution in [1.82, 2.24) is 10.3 Å². The van der Waals surface area contributed by atoms with Crippen LogP contribution in [0.4, 0.5) is 16.2 Å². The highest BCUT2D eigenvalue weighted by Crippen LogP contribution is 2.33. The van der Waals surface area contributed by atoms with E-state index in [4.69, 9.17) is 0 Å². The van der Waals surface area contributed by atoms with E-state index in [9.17, 15) is 13.2 Å². The molecule has 1 aliphatic rings. The second-order valence-corrected chi connectivity index (χ2v) is 9.94. The number of sulfonamides is 1. The SMILES string of the molecule is O=C(NCc1cccnc1)Nc1ccc(S(=O)(=O)Nc2cccc(C3CCCCC3)c2)cc1. The van der Waals surface area contributed by atoms with E-state index < -0.39 is 10.0 Å².